The van der Waals surface area contributed by atoms with E-state index in [2.05, 4.69) is 48.6 Å². The molecule has 0 aliphatic carbocycles. The van der Waals surface area contributed by atoms with Gasteiger partial charge < -0.3 is 20.2 Å². The highest BCUT2D eigenvalue weighted by atomic mass is 32.1. The number of likely N-dealkylation sites (tertiary alicyclic amines) is 1. The van der Waals surface area contributed by atoms with Crippen molar-refractivity contribution in [3.05, 3.63) is 82.6 Å². The fourth-order valence-electron chi connectivity index (χ4n) is 4.97. The number of carbonyl (C=O) groups excluding carboxylic acids is 2. The summed E-state index contributed by atoms with van der Waals surface area (Å²) in [6, 6.07) is 21.6. The first kappa shape index (κ1) is 28.0. The molecule has 1 aliphatic rings. The quantitative estimate of drug-likeness (QED) is 0.384. The van der Waals surface area contributed by atoms with E-state index in [1.165, 1.54) is 0 Å². The van der Waals surface area contributed by atoms with Gasteiger partial charge in [-0.05, 0) is 60.4 Å². The molecule has 4 rings (SSSR count). The smallest absolute Gasteiger partial charge is 0.245 e. The number of thiophene rings is 1. The largest absolute Gasteiger partial charge is 0.393 e. The maximum absolute atomic E-state index is 13.9. The number of aliphatic hydroxyl groups is 1. The first-order valence-electron chi connectivity index (χ1n) is 13.6. The summed E-state index contributed by atoms with van der Waals surface area (Å²) in [4.78, 5) is 32.1. The topological polar surface area (TPSA) is 72.9 Å². The van der Waals surface area contributed by atoms with Crippen LogP contribution < -0.4 is 5.32 Å². The molecule has 0 spiro atoms. The van der Waals surface area contributed by atoms with Crippen LogP contribution in [-0.2, 0) is 22.4 Å². The highest BCUT2D eigenvalue weighted by Gasteiger charge is 2.35. The molecule has 38 heavy (non-hydrogen) atoms. The van der Waals surface area contributed by atoms with Crippen molar-refractivity contribution < 1.29 is 14.7 Å². The van der Waals surface area contributed by atoms with Gasteiger partial charge in [0.25, 0.3) is 0 Å². The fourth-order valence-corrected chi connectivity index (χ4v) is 5.71. The molecule has 0 bridgehead atoms. The van der Waals surface area contributed by atoms with E-state index in [0.717, 1.165) is 34.5 Å². The Labute approximate surface area is 230 Å². The molecule has 2 atom stereocenters. The van der Waals surface area contributed by atoms with Crippen LogP contribution in [0, 0.1) is 0 Å². The minimum atomic E-state index is -0.581. The molecule has 0 saturated carbocycles. The van der Waals surface area contributed by atoms with Gasteiger partial charge in [-0.2, -0.15) is 0 Å². The third-order valence-corrected chi connectivity index (χ3v) is 8.19. The molecule has 2 heterocycles. The Hall–Kier alpha value is -3.00. The van der Waals surface area contributed by atoms with Crippen molar-refractivity contribution in [1.82, 2.24) is 15.1 Å². The Bertz CT molecular complexity index is 1140. The molecule has 0 unspecified atom stereocenters. The first-order chi connectivity index (χ1) is 18.5. The lowest BCUT2D eigenvalue weighted by atomic mass is 9.99. The number of nitrogens with one attached hydrogen (secondary N) is 1. The van der Waals surface area contributed by atoms with E-state index < -0.39 is 12.1 Å². The zero-order valence-corrected chi connectivity index (χ0v) is 23.2. The van der Waals surface area contributed by atoms with Gasteiger partial charge in [0, 0.05) is 31.4 Å². The van der Waals surface area contributed by atoms with Crippen LogP contribution in [0.15, 0.2) is 72.1 Å². The van der Waals surface area contributed by atoms with E-state index in [1.807, 2.05) is 40.6 Å². The van der Waals surface area contributed by atoms with Crippen molar-refractivity contribution in [3.63, 3.8) is 0 Å². The highest BCUT2D eigenvalue weighted by molar-refractivity contribution is 7.09. The van der Waals surface area contributed by atoms with Gasteiger partial charge >= 0.3 is 0 Å². The third kappa shape index (κ3) is 7.31. The van der Waals surface area contributed by atoms with Gasteiger partial charge in [0.1, 0.15) is 6.04 Å². The van der Waals surface area contributed by atoms with Gasteiger partial charge in [-0.25, -0.2) is 0 Å². The van der Waals surface area contributed by atoms with E-state index in [-0.39, 0.29) is 17.9 Å². The summed E-state index contributed by atoms with van der Waals surface area (Å²) in [5.41, 5.74) is 3.38. The fraction of sp³-hybridized carbons (Fsp3) is 0.419. The summed E-state index contributed by atoms with van der Waals surface area (Å²) in [7, 11) is 1.76. The lowest BCUT2D eigenvalue weighted by molar-refractivity contribution is -0.146. The summed E-state index contributed by atoms with van der Waals surface area (Å²) >= 11 is 1.60. The number of benzene rings is 2. The van der Waals surface area contributed by atoms with Crippen LogP contribution in [-0.4, -0.2) is 71.6 Å². The van der Waals surface area contributed by atoms with Crippen molar-refractivity contribution in [1.29, 1.82) is 0 Å². The predicted molar refractivity (Wildman–Crippen MR) is 154 cm³/mol. The molecule has 3 aromatic rings. The van der Waals surface area contributed by atoms with Crippen molar-refractivity contribution in [2.75, 3.05) is 26.7 Å². The van der Waals surface area contributed by atoms with Crippen molar-refractivity contribution >= 4 is 23.2 Å². The maximum Gasteiger partial charge on any atom is 0.245 e. The van der Waals surface area contributed by atoms with Crippen molar-refractivity contribution in [2.45, 2.75) is 57.2 Å². The summed E-state index contributed by atoms with van der Waals surface area (Å²) in [5.74, 6) is -0.111. The van der Waals surface area contributed by atoms with Crippen LogP contribution in [0.4, 0.5) is 0 Å². The minimum absolute atomic E-state index is 0.0393. The molecule has 6 nitrogen and oxygen atoms in total. The van der Waals surface area contributed by atoms with E-state index in [4.69, 9.17) is 0 Å². The SMILES string of the molecule is CCCN[C@H](Cc1ccc(-c2ccccc2)cc1)C(=O)N(C)[C@H](Cc1cccs1)C(=O)N1CCC(O)CC1. The zero-order valence-electron chi connectivity index (χ0n) is 22.4. The van der Waals surface area contributed by atoms with Crippen LogP contribution in [0.25, 0.3) is 11.1 Å². The predicted octanol–water partition coefficient (Wildman–Crippen LogP) is 4.38. The normalized spacial score (nSPS) is 15.7. The summed E-state index contributed by atoms with van der Waals surface area (Å²) in [6.45, 7) is 3.85. The van der Waals surface area contributed by atoms with E-state index in [1.54, 1.807) is 23.3 Å². The van der Waals surface area contributed by atoms with Crippen molar-refractivity contribution in [3.8, 4) is 11.1 Å². The second-order valence-corrected chi connectivity index (χ2v) is 11.1. The van der Waals surface area contributed by atoms with Crippen LogP contribution >= 0.6 is 11.3 Å². The number of rotatable bonds is 11. The first-order valence-corrected chi connectivity index (χ1v) is 14.5. The van der Waals surface area contributed by atoms with Crippen LogP contribution in [0.3, 0.4) is 0 Å². The van der Waals surface area contributed by atoms with E-state index in [0.29, 0.717) is 38.8 Å². The zero-order chi connectivity index (χ0) is 26.9. The number of likely N-dealkylation sites (N-methyl/N-ethyl adjacent to an activating group) is 1. The molecule has 1 fully saturated rings. The molecule has 2 amide bonds. The molecule has 0 radical (unpaired) electrons. The Balaban J connectivity index is 1.51. The monoisotopic (exact) mass is 533 g/mol. The number of aliphatic hydroxyl groups excluding tert-OH is 1. The molecular formula is C31H39N3O3S. The van der Waals surface area contributed by atoms with Crippen LogP contribution in [0.2, 0.25) is 0 Å². The Morgan fingerprint density at radius 2 is 1.68 bits per heavy atom. The average Bonchev–Trinajstić information content (AvgIpc) is 3.47. The van der Waals surface area contributed by atoms with Gasteiger partial charge in [0.2, 0.25) is 11.8 Å². The molecular weight excluding hydrogens is 494 g/mol. The lowest BCUT2D eigenvalue weighted by Gasteiger charge is -2.37. The van der Waals surface area contributed by atoms with E-state index >= 15 is 0 Å². The highest BCUT2D eigenvalue weighted by Crippen LogP contribution is 2.22. The number of carbonyl (C=O) groups is 2. The summed E-state index contributed by atoms with van der Waals surface area (Å²) in [6.07, 6.45) is 2.75. The van der Waals surface area contributed by atoms with Gasteiger partial charge in [-0.1, -0.05) is 67.6 Å². The second-order valence-electron chi connectivity index (χ2n) is 10.1. The lowest BCUT2D eigenvalue weighted by Crippen LogP contribution is -2.56. The Kier molecular flexibility index (Phi) is 10.1. The van der Waals surface area contributed by atoms with Gasteiger partial charge in [0.05, 0.1) is 12.1 Å². The Morgan fingerprint density at radius 1 is 1.00 bits per heavy atom. The number of nitrogens with zero attached hydrogens (tertiary/aromatic N) is 2. The van der Waals surface area contributed by atoms with Gasteiger partial charge in [-0.3, -0.25) is 9.59 Å². The minimum Gasteiger partial charge on any atom is -0.393 e. The molecule has 1 aliphatic heterocycles. The maximum atomic E-state index is 13.9. The standard InChI is InChI=1S/C31H39N3O3S/c1-3-17-32-28(21-23-11-13-25(14-12-23)24-8-5-4-6-9-24)30(36)33(2)29(22-27-10-7-20-38-27)31(37)34-18-15-26(35)16-19-34/h4-14,20,26,28-29,32,35H,3,15-19,21-22H2,1-2H3/t28-,29-/m1/s1. The average molecular weight is 534 g/mol. The molecule has 1 saturated heterocycles. The summed E-state index contributed by atoms with van der Waals surface area (Å²) in [5, 5.41) is 15.4. The molecule has 7 heteroatoms. The van der Waals surface area contributed by atoms with Crippen molar-refractivity contribution in [2.24, 2.45) is 0 Å². The number of amides is 2. The van der Waals surface area contributed by atoms with Gasteiger partial charge in [0.15, 0.2) is 0 Å². The van der Waals surface area contributed by atoms with E-state index in [9.17, 15) is 14.7 Å². The molecule has 2 aromatic carbocycles. The summed E-state index contributed by atoms with van der Waals surface area (Å²) < 4.78 is 0. The van der Waals surface area contributed by atoms with Crippen LogP contribution in [0.5, 0.6) is 0 Å². The molecule has 202 valence electrons. The molecule has 1 aromatic heterocycles. The second kappa shape index (κ2) is 13.7. The molecule has 2 N–H and O–H groups in total. The van der Waals surface area contributed by atoms with Gasteiger partial charge in [-0.15, -0.1) is 11.3 Å². The Morgan fingerprint density at radius 3 is 2.32 bits per heavy atom. The van der Waals surface area contributed by atoms with Crippen LogP contribution in [0.1, 0.15) is 36.6 Å². The third-order valence-electron chi connectivity index (χ3n) is 7.29. The number of piperidine rings is 1. The number of hydrogen-bond acceptors (Lipinski definition) is 5. The number of hydrogen-bond donors (Lipinski definition) is 2.